The van der Waals surface area contributed by atoms with Crippen molar-refractivity contribution in [1.82, 2.24) is 4.90 Å². The van der Waals surface area contributed by atoms with Crippen LogP contribution in [0.15, 0.2) is 12.1 Å². The quantitative estimate of drug-likeness (QED) is 0.878. The highest BCUT2D eigenvalue weighted by Gasteiger charge is 2.43. The fourth-order valence-electron chi connectivity index (χ4n) is 4.01. The third kappa shape index (κ3) is 3.57. The first kappa shape index (κ1) is 18.3. The zero-order valence-corrected chi connectivity index (χ0v) is 15.4. The van der Waals surface area contributed by atoms with Crippen LogP contribution >= 0.6 is 0 Å². The van der Waals surface area contributed by atoms with Crippen molar-refractivity contribution in [2.75, 3.05) is 41.0 Å². The second kappa shape index (κ2) is 7.81. The molecule has 6 heteroatoms. The number of aliphatic hydroxyl groups excluding tert-OH is 1. The molecule has 1 spiro atoms. The number of nitrogens with zero attached hydrogens (tertiary/aromatic N) is 1. The average Bonchev–Trinajstić information content (AvgIpc) is 2.65. The summed E-state index contributed by atoms with van der Waals surface area (Å²) in [6.07, 6.45) is 3.20. The number of hydrogen-bond acceptors (Lipinski definition) is 6. The van der Waals surface area contributed by atoms with E-state index in [-0.39, 0.29) is 11.7 Å². The second-order valence-electron chi connectivity index (χ2n) is 6.84. The Balaban J connectivity index is 1.70. The minimum absolute atomic E-state index is 0.334. The fraction of sp³-hybridized carbons (Fsp3) is 0.684. The SMILES string of the molecule is COc1ccc(CN2CCC3(CC2)OCCC[C@H]3O)c(OC)c1OC. The summed E-state index contributed by atoms with van der Waals surface area (Å²) in [6.45, 7) is 3.33. The molecule has 2 saturated heterocycles. The van der Waals surface area contributed by atoms with E-state index in [2.05, 4.69) is 4.90 Å². The first-order valence-corrected chi connectivity index (χ1v) is 8.96. The van der Waals surface area contributed by atoms with Gasteiger partial charge in [-0.2, -0.15) is 0 Å². The molecule has 0 bridgehead atoms. The van der Waals surface area contributed by atoms with Gasteiger partial charge in [0.25, 0.3) is 0 Å². The number of hydrogen-bond donors (Lipinski definition) is 1. The maximum atomic E-state index is 10.4. The van der Waals surface area contributed by atoms with Crippen LogP contribution in [0, 0.1) is 0 Å². The lowest BCUT2D eigenvalue weighted by Gasteiger charge is -2.46. The number of methoxy groups -OCH3 is 3. The number of piperidine rings is 1. The summed E-state index contributed by atoms with van der Waals surface area (Å²) in [5.41, 5.74) is 0.734. The number of benzene rings is 1. The summed E-state index contributed by atoms with van der Waals surface area (Å²) in [5.74, 6) is 2.01. The van der Waals surface area contributed by atoms with Crippen molar-refractivity contribution >= 4 is 0 Å². The Morgan fingerprint density at radius 3 is 2.44 bits per heavy atom. The van der Waals surface area contributed by atoms with E-state index in [0.29, 0.717) is 11.5 Å². The Morgan fingerprint density at radius 2 is 1.84 bits per heavy atom. The van der Waals surface area contributed by atoms with Gasteiger partial charge in [-0.15, -0.1) is 0 Å². The summed E-state index contributed by atoms with van der Waals surface area (Å²) >= 11 is 0. The van der Waals surface area contributed by atoms with Crippen LogP contribution in [0.25, 0.3) is 0 Å². The van der Waals surface area contributed by atoms with Gasteiger partial charge in [0.2, 0.25) is 5.75 Å². The third-order valence-electron chi connectivity index (χ3n) is 5.50. The van der Waals surface area contributed by atoms with Crippen molar-refractivity contribution in [1.29, 1.82) is 0 Å². The summed E-state index contributed by atoms with van der Waals surface area (Å²) in [6, 6.07) is 3.94. The molecular weight excluding hydrogens is 322 g/mol. The Bertz CT molecular complexity index is 583. The molecule has 2 fully saturated rings. The summed E-state index contributed by atoms with van der Waals surface area (Å²) in [5, 5.41) is 10.4. The second-order valence-corrected chi connectivity index (χ2v) is 6.84. The molecule has 0 amide bonds. The molecule has 0 unspecified atom stereocenters. The minimum Gasteiger partial charge on any atom is -0.493 e. The lowest BCUT2D eigenvalue weighted by atomic mass is 9.82. The lowest BCUT2D eigenvalue weighted by molar-refractivity contribution is -0.177. The first-order chi connectivity index (χ1) is 12.1. The van der Waals surface area contributed by atoms with Crippen LogP contribution in [-0.4, -0.2) is 62.7 Å². The Labute approximate surface area is 149 Å². The van der Waals surface area contributed by atoms with E-state index < -0.39 is 0 Å². The molecule has 1 aromatic carbocycles. The van der Waals surface area contributed by atoms with E-state index in [1.807, 2.05) is 12.1 Å². The topological polar surface area (TPSA) is 60.4 Å². The van der Waals surface area contributed by atoms with Gasteiger partial charge in [0.05, 0.1) is 33.0 Å². The van der Waals surface area contributed by atoms with E-state index in [4.69, 9.17) is 18.9 Å². The molecule has 2 aliphatic heterocycles. The smallest absolute Gasteiger partial charge is 0.203 e. The molecule has 0 radical (unpaired) electrons. The number of likely N-dealkylation sites (tertiary alicyclic amines) is 1. The molecule has 1 aromatic rings. The predicted octanol–water partition coefficient (Wildman–Crippen LogP) is 2.22. The van der Waals surface area contributed by atoms with Gasteiger partial charge in [-0.1, -0.05) is 6.07 Å². The normalized spacial score (nSPS) is 23.4. The first-order valence-electron chi connectivity index (χ1n) is 8.96. The highest BCUT2D eigenvalue weighted by molar-refractivity contribution is 5.55. The van der Waals surface area contributed by atoms with Crippen molar-refractivity contribution in [3.8, 4) is 17.2 Å². The van der Waals surface area contributed by atoms with Gasteiger partial charge in [-0.3, -0.25) is 4.90 Å². The molecule has 2 aliphatic rings. The van der Waals surface area contributed by atoms with Crippen LogP contribution in [0.2, 0.25) is 0 Å². The standard InChI is InChI=1S/C19H29NO5/c1-22-15-7-6-14(17(23-2)18(15)24-3)13-20-10-8-19(9-11-20)16(21)5-4-12-25-19/h6-7,16,21H,4-5,8-13H2,1-3H3/t16-/m1/s1. The van der Waals surface area contributed by atoms with Crippen LogP contribution in [0.4, 0.5) is 0 Å². The van der Waals surface area contributed by atoms with Crippen molar-refractivity contribution in [3.63, 3.8) is 0 Å². The molecule has 0 aromatic heterocycles. The average molecular weight is 351 g/mol. The lowest BCUT2D eigenvalue weighted by Crippen LogP contribution is -2.55. The predicted molar refractivity (Wildman–Crippen MR) is 94.5 cm³/mol. The highest BCUT2D eigenvalue weighted by Crippen LogP contribution is 2.41. The van der Waals surface area contributed by atoms with Crippen molar-refractivity contribution < 1.29 is 24.1 Å². The number of rotatable bonds is 5. The minimum atomic E-state index is -0.337. The molecule has 2 heterocycles. The van der Waals surface area contributed by atoms with E-state index in [1.54, 1.807) is 21.3 Å². The zero-order chi connectivity index (χ0) is 17.9. The summed E-state index contributed by atoms with van der Waals surface area (Å²) < 4.78 is 22.4. The zero-order valence-electron chi connectivity index (χ0n) is 15.4. The maximum Gasteiger partial charge on any atom is 0.203 e. The van der Waals surface area contributed by atoms with Crippen molar-refractivity contribution in [3.05, 3.63) is 17.7 Å². The van der Waals surface area contributed by atoms with Gasteiger partial charge in [0.1, 0.15) is 0 Å². The monoisotopic (exact) mass is 351 g/mol. The van der Waals surface area contributed by atoms with E-state index >= 15 is 0 Å². The van der Waals surface area contributed by atoms with Gasteiger partial charge >= 0.3 is 0 Å². The molecule has 1 N–H and O–H groups in total. The number of ether oxygens (including phenoxy) is 4. The van der Waals surface area contributed by atoms with E-state index in [0.717, 1.165) is 63.2 Å². The molecular formula is C19H29NO5. The van der Waals surface area contributed by atoms with Gasteiger partial charge < -0.3 is 24.1 Å². The van der Waals surface area contributed by atoms with Crippen LogP contribution in [-0.2, 0) is 11.3 Å². The summed E-state index contributed by atoms with van der Waals surface area (Å²) in [7, 11) is 4.89. The van der Waals surface area contributed by atoms with Crippen LogP contribution in [0.1, 0.15) is 31.2 Å². The van der Waals surface area contributed by atoms with Crippen molar-refractivity contribution in [2.24, 2.45) is 0 Å². The van der Waals surface area contributed by atoms with Crippen LogP contribution < -0.4 is 14.2 Å². The summed E-state index contributed by atoms with van der Waals surface area (Å²) in [4.78, 5) is 2.37. The van der Waals surface area contributed by atoms with Gasteiger partial charge in [-0.25, -0.2) is 0 Å². The van der Waals surface area contributed by atoms with E-state index in [9.17, 15) is 5.11 Å². The molecule has 3 rings (SSSR count). The highest BCUT2D eigenvalue weighted by atomic mass is 16.5. The fourth-order valence-corrected chi connectivity index (χ4v) is 4.01. The molecule has 25 heavy (non-hydrogen) atoms. The molecule has 0 aliphatic carbocycles. The largest absolute Gasteiger partial charge is 0.493 e. The van der Waals surface area contributed by atoms with Crippen LogP contribution in [0.5, 0.6) is 17.2 Å². The van der Waals surface area contributed by atoms with Gasteiger partial charge in [-0.05, 0) is 31.7 Å². The number of aliphatic hydroxyl groups is 1. The Kier molecular flexibility index (Phi) is 5.71. The van der Waals surface area contributed by atoms with Crippen molar-refractivity contribution in [2.45, 2.75) is 43.9 Å². The van der Waals surface area contributed by atoms with Gasteiger partial charge in [0.15, 0.2) is 11.5 Å². The molecule has 0 saturated carbocycles. The Hall–Kier alpha value is -1.50. The van der Waals surface area contributed by atoms with Gasteiger partial charge in [0, 0.05) is 31.8 Å². The molecule has 6 nitrogen and oxygen atoms in total. The third-order valence-corrected chi connectivity index (χ3v) is 5.50. The Morgan fingerprint density at radius 1 is 1.12 bits per heavy atom. The van der Waals surface area contributed by atoms with E-state index in [1.165, 1.54) is 0 Å². The molecule has 1 atom stereocenters. The van der Waals surface area contributed by atoms with Crippen LogP contribution in [0.3, 0.4) is 0 Å². The maximum absolute atomic E-state index is 10.4. The molecule has 140 valence electrons.